The largest absolute Gasteiger partial charge is 0.318 e. The van der Waals surface area contributed by atoms with Gasteiger partial charge in [0.15, 0.2) is 0 Å². The second-order valence-corrected chi connectivity index (χ2v) is 16.3. The highest BCUT2D eigenvalue weighted by molar-refractivity contribution is 7.26. The van der Waals surface area contributed by atoms with Gasteiger partial charge in [-0.3, -0.25) is 0 Å². The van der Waals surface area contributed by atoms with Gasteiger partial charge >= 0.3 is 0 Å². The Kier molecular flexibility index (Phi) is 5.85. The van der Waals surface area contributed by atoms with E-state index in [1.165, 1.54) is 0 Å². The highest BCUT2D eigenvalue weighted by Crippen LogP contribution is 2.54. The van der Waals surface area contributed by atoms with Crippen molar-refractivity contribution in [2.45, 2.75) is 0 Å². The van der Waals surface area contributed by atoms with E-state index < -0.39 is 0 Å². The summed E-state index contributed by atoms with van der Waals surface area (Å²) in [7, 11) is 0. The molecule has 13 aromatic rings. The van der Waals surface area contributed by atoms with Crippen molar-refractivity contribution in [3.05, 3.63) is 199 Å². The monoisotopic (exact) mass is 796 g/mol. The highest BCUT2D eigenvalue weighted by Gasteiger charge is 2.32. The van der Waals surface area contributed by atoms with E-state index in [4.69, 9.17) is 0 Å². The van der Waals surface area contributed by atoms with E-state index in [-0.39, 0.29) is 64.2 Å². The Labute approximate surface area is 362 Å². The summed E-state index contributed by atoms with van der Waals surface area (Å²) in [5.41, 5.74) is 5.11. The molecule has 0 aliphatic rings. The molecule has 4 nitrogen and oxygen atoms in total. The van der Waals surface area contributed by atoms with Crippen molar-refractivity contribution < 1.29 is 8.22 Å². The summed E-state index contributed by atoms with van der Waals surface area (Å²) in [4.78, 5) is 4.36. The van der Waals surface area contributed by atoms with Crippen LogP contribution in [0.5, 0.6) is 0 Å². The smallest absolute Gasteiger partial charge is 0.220 e. The van der Waals surface area contributed by atoms with Gasteiger partial charge in [0.2, 0.25) is 5.69 Å². The summed E-state index contributed by atoms with van der Waals surface area (Å²) in [6, 6.07) is 48.0. The zero-order valence-electron chi connectivity index (χ0n) is 38.1. The molecule has 0 aliphatic heterocycles. The first kappa shape index (κ1) is 28.2. The number of hydrogen-bond acceptors (Lipinski definition) is 2. The van der Waals surface area contributed by atoms with Gasteiger partial charge in [-0.1, -0.05) is 158 Å². The number of aromatic nitrogens is 2. The number of rotatable bonds is 4. The molecule has 0 fully saturated rings. The van der Waals surface area contributed by atoms with Crippen LogP contribution >= 0.6 is 11.3 Å². The molecular formula is C56H30N4S. The van der Waals surface area contributed by atoms with Gasteiger partial charge < -0.3 is 9.13 Å². The van der Waals surface area contributed by atoms with Crippen LogP contribution in [0.1, 0.15) is 13.8 Å². The van der Waals surface area contributed by atoms with Crippen molar-refractivity contribution in [3.8, 4) is 39.7 Å². The van der Waals surface area contributed by atoms with Gasteiger partial charge in [-0.05, 0) is 56.9 Å². The maximum absolute atomic E-state index is 11.9. The van der Waals surface area contributed by atoms with E-state index in [1.54, 1.807) is 15.9 Å². The van der Waals surface area contributed by atoms with Gasteiger partial charge in [0, 0.05) is 48.1 Å². The fourth-order valence-electron chi connectivity index (χ4n) is 9.87. The fourth-order valence-corrected chi connectivity index (χ4v) is 11.1. The molecule has 0 radical (unpaired) electrons. The lowest BCUT2D eigenvalue weighted by Gasteiger charge is -2.25. The van der Waals surface area contributed by atoms with E-state index in [0.717, 1.165) is 42.0 Å². The predicted molar refractivity (Wildman–Crippen MR) is 256 cm³/mol. The quantitative estimate of drug-likeness (QED) is 0.129. The molecular weight excluding hydrogens is 761 g/mol. The molecule has 0 N–H and O–H groups in total. The minimum atomic E-state index is -0.342. The first-order valence-electron chi connectivity index (χ1n) is 22.9. The van der Waals surface area contributed by atoms with Crippen LogP contribution in [0.25, 0.3) is 124 Å². The maximum atomic E-state index is 11.9. The normalized spacial score (nSPS) is 13.3. The maximum Gasteiger partial charge on any atom is 0.220 e. The molecule has 3 heterocycles. The molecule has 13 rings (SSSR count). The second-order valence-electron chi connectivity index (χ2n) is 15.2. The third-order valence-electron chi connectivity index (χ3n) is 12.3. The van der Waals surface area contributed by atoms with Crippen molar-refractivity contribution >= 4 is 102 Å². The summed E-state index contributed by atoms with van der Waals surface area (Å²) >= 11 is 1.67. The molecule has 0 saturated heterocycles. The van der Waals surface area contributed by atoms with Crippen LogP contribution in [0.4, 0.5) is 5.69 Å². The molecule has 280 valence electrons. The predicted octanol–water partition coefficient (Wildman–Crippen LogP) is 15.7. The lowest BCUT2D eigenvalue weighted by Crippen LogP contribution is -2.08. The molecule has 0 atom stereocenters. The first-order valence-corrected chi connectivity index (χ1v) is 20.7. The third kappa shape index (κ3) is 4.45. The van der Waals surface area contributed by atoms with Crippen molar-refractivity contribution in [1.29, 1.82) is 5.26 Å². The fraction of sp³-hybridized carbons (Fsp3) is 0. The van der Waals surface area contributed by atoms with Gasteiger partial charge in [-0.25, -0.2) is 4.85 Å². The molecule has 0 spiro atoms. The van der Waals surface area contributed by atoms with Crippen LogP contribution < -0.4 is 0 Å². The average molecular weight is 797 g/mol. The van der Waals surface area contributed by atoms with Gasteiger partial charge in [0.25, 0.3) is 0 Å². The summed E-state index contributed by atoms with van der Waals surface area (Å²) < 4.78 is 63.3. The molecule has 10 aromatic carbocycles. The topological polar surface area (TPSA) is 38.0 Å². The zero-order valence-corrected chi connectivity index (χ0v) is 32.9. The van der Waals surface area contributed by atoms with Crippen LogP contribution in [0, 0.1) is 17.9 Å². The number of nitrogens with zero attached hydrogens (tertiary/aromatic N) is 4. The molecule has 61 heavy (non-hydrogen) atoms. The Bertz CT molecular complexity index is 4320. The molecule has 0 amide bonds. The Hall–Kier alpha value is -8.22. The number of benzene rings is 10. The standard InChI is InChI=1S/C56H30N4S/c1-58-52-48(33-16-4-2-5-17-33)43(32-57)53(60-44-26-12-10-22-37(44)41-30-31-42-38-23-11-13-29-47(38)61-56(42)54(41)60)49(34-18-6-3-7-19-34)55(52)59-45-27-14-24-39-35-20-8-9-21-36(35)40-25-15-28-46(59)51(40)50(39)45/h2-31H/i14D,15D,24D,25D,27D,28D. The summed E-state index contributed by atoms with van der Waals surface area (Å²) in [5, 5.41) is 18.7. The lowest BCUT2D eigenvalue weighted by molar-refractivity contribution is 1.14. The lowest BCUT2D eigenvalue weighted by atomic mass is 9.88. The minimum absolute atomic E-state index is 0.0681. The summed E-state index contributed by atoms with van der Waals surface area (Å²) in [6.07, 6.45) is 0. The molecule has 0 unspecified atom stereocenters. The van der Waals surface area contributed by atoms with E-state index in [1.807, 2.05) is 115 Å². The number of fused-ring (bicyclic) bond motifs is 10. The number of para-hydroxylation sites is 1. The highest BCUT2D eigenvalue weighted by atomic mass is 32.1. The van der Waals surface area contributed by atoms with Crippen molar-refractivity contribution in [1.82, 2.24) is 9.13 Å². The zero-order chi connectivity index (χ0) is 45.6. The third-order valence-corrected chi connectivity index (χ3v) is 13.5. The molecule has 0 saturated carbocycles. The Morgan fingerprint density at radius 2 is 1.07 bits per heavy atom. The van der Waals surface area contributed by atoms with E-state index in [9.17, 15) is 20.1 Å². The Morgan fingerprint density at radius 1 is 0.508 bits per heavy atom. The Balaban J connectivity index is 1.39. The van der Waals surface area contributed by atoms with Crippen molar-refractivity contribution in [3.63, 3.8) is 0 Å². The summed E-state index contributed by atoms with van der Waals surface area (Å²) in [5.74, 6) is 0. The van der Waals surface area contributed by atoms with E-state index in [0.29, 0.717) is 60.3 Å². The van der Waals surface area contributed by atoms with Gasteiger partial charge in [-0.15, -0.1) is 11.3 Å². The van der Waals surface area contributed by atoms with Gasteiger partial charge in [-0.2, -0.15) is 5.26 Å². The number of hydrogen-bond donors (Lipinski definition) is 0. The minimum Gasteiger partial charge on any atom is -0.318 e. The first-order chi connectivity index (χ1) is 32.7. The van der Waals surface area contributed by atoms with Gasteiger partial charge in [0.05, 0.1) is 58.5 Å². The average Bonchev–Trinajstić information content (AvgIpc) is 4.04. The summed E-state index contributed by atoms with van der Waals surface area (Å²) in [6.45, 7) is 9.23. The van der Waals surface area contributed by atoms with Crippen LogP contribution in [-0.4, -0.2) is 9.13 Å². The number of thiophene rings is 1. The second kappa shape index (κ2) is 12.6. The van der Waals surface area contributed by atoms with E-state index >= 15 is 0 Å². The molecule has 5 heteroatoms. The van der Waals surface area contributed by atoms with Crippen molar-refractivity contribution in [2.75, 3.05) is 0 Å². The van der Waals surface area contributed by atoms with Crippen molar-refractivity contribution in [2.24, 2.45) is 0 Å². The molecule has 3 aromatic heterocycles. The molecule has 0 bridgehead atoms. The SMILES string of the molecule is [2H]c1c([2H])c2c3ccccc3c3c([2H])c([2H])c([2H])c4c3c2c(c1[2H])n4-c1c([N+]#[C-])c(-c2ccccc2)c(C#N)c(-n2c3ccccc3c3ccc4c5ccccc5sc4c32)c1-c1ccccc1. The van der Waals surface area contributed by atoms with E-state index in [2.05, 4.69) is 45.8 Å². The Morgan fingerprint density at radius 3 is 1.70 bits per heavy atom. The molecule has 0 aliphatic carbocycles. The number of nitriles is 1. The van der Waals surface area contributed by atoms with Crippen LogP contribution in [0.15, 0.2) is 182 Å². The van der Waals surface area contributed by atoms with Crippen LogP contribution in [0.3, 0.4) is 0 Å². The van der Waals surface area contributed by atoms with Crippen LogP contribution in [0.2, 0.25) is 0 Å². The van der Waals surface area contributed by atoms with Crippen LogP contribution in [-0.2, 0) is 0 Å². The van der Waals surface area contributed by atoms with Gasteiger partial charge in [0.1, 0.15) is 6.07 Å².